The molecule has 0 saturated carbocycles. The average molecular weight is 1790 g/mol. The van der Waals surface area contributed by atoms with E-state index in [9.17, 15) is 0 Å². The summed E-state index contributed by atoms with van der Waals surface area (Å²) in [7, 11) is 0. The first-order chi connectivity index (χ1) is 69.2. The summed E-state index contributed by atoms with van der Waals surface area (Å²) in [5.41, 5.74) is 41.0. The lowest BCUT2D eigenvalue weighted by Crippen LogP contribution is -2.62. The molecular weight excluding hydrogens is 1710 g/mol. The summed E-state index contributed by atoms with van der Waals surface area (Å²) in [6.07, 6.45) is 32.1. The Kier molecular flexibility index (Phi) is 18.6. The zero-order valence-corrected chi connectivity index (χ0v) is 76.5. The van der Waals surface area contributed by atoms with E-state index in [1.807, 2.05) is 55.6 Å². The minimum atomic E-state index is -0.0817. The number of para-hydroxylation sites is 3. The predicted octanol–water partition coefficient (Wildman–Crippen LogP) is 23.2. The Labute approximate surface area is 810 Å². The van der Waals surface area contributed by atoms with Crippen molar-refractivity contribution in [1.82, 2.24) is 39.9 Å². The fourth-order valence-corrected chi connectivity index (χ4v) is 23.2. The van der Waals surface area contributed by atoms with Crippen molar-refractivity contribution in [2.24, 2.45) is 0 Å². The largest absolute Gasteiger partial charge is 0.438 e. The highest BCUT2D eigenvalue weighted by Gasteiger charge is 2.49. The Morgan fingerprint density at radius 2 is 0.686 bits per heavy atom. The maximum Gasteiger partial charge on any atom is 0.260 e. The number of fused-ring (bicyclic) bond motifs is 12. The molecule has 14 heterocycles. The average Bonchev–Trinajstić information content (AvgIpc) is 0.696. The van der Waals surface area contributed by atoms with Crippen molar-refractivity contribution >= 4 is 206 Å². The van der Waals surface area contributed by atoms with Crippen LogP contribution in [0.4, 0.5) is 85.8 Å². The van der Waals surface area contributed by atoms with Gasteiger partial charge in [0, 0.05) is 68.9 Å². The monoisotopic (exact) mass is 1790 g/mol. The molecule has 654 valence electrons. The molecule has 0 spiro atoms. The molecule has 17 heteroatoms. The third-order valence-corrected chi connectivity index (χ3v) is 29.2. The fraction of sp³-hybridized carbons (Fsp3) is 0.0407. The first-order valence-electron chi connectivity index (χ1n) is 48.0. The second kappa shape index (κ2) is 32.4. The van der Waals surface area contributed by atoms with Gasteiger partial charge in [0.2, 0.25) is 5.88 Å². The normalized spacial score (nSPS) is 13.7. The highest BCUT2D eigenvalue weighted by atomic mass is 16.5. The van der Waals surface area contributed by atoms with Gasteiger partial charge in [-0.2, -0.15) is 0 Å². The van der Waals surface area contributed by atoms with E-state index in [0.29, 0.717) is 5.88 Å². The maximum absolute atomic E-state index is 6.65. The third-order valence-electron chi connectivity index (χ3n) is 29.2. The molecule has 0 amide bonds. The number of anilines is 15. The van der Waals surface area contributed by atoms with Crippen molar-refractivity contribution in [2.75, 3.05) is 24.5 Å². The highest BCUT2D eigenvalue weighted by Crippen LogP contribution is 2.50. The summed E-state index contributed by atoms with van der Waals surface area (Å²) in [6, 6.07) is 122. The topological polar surface area (TPSA) is 129 Å². The minimum Gasteiger partial charge on any atom is -0.438 e. The molecule has 14 nitrogen and oxygen atoms in total. The Morgan fingerprint density at radius 3 is 1.26 bits per heavy atom. The van der Waals surface area contributed by atoms with E-state index in [1.165, 1.54) is 121 Å². The molecular formula is C123H82B3N13O. The Balaban J connectivity index is 0.000000103. The smallest absolute Gasteiger partial charge is 0.260 e. The zero-order chi connectivity index (χ0) is 92.3. The molecule has 13 aromatic carbocycles. The minimum absolute atomic E-state index is 0.00859. The number of allylic oxidation sites excluding steroid dienone is 3. The van der Waals surface area contributed by atoms with Crippen LogP contribution in [0, 0.1) is 13.8 Å². The number of hydrogen-bond acceptors (Lipinski definition) is 14. The van der Waals surface area contributed by atoms with Gasteiger partial charge in [0.1, 0.15) is 29.0 Å². The molecule has 0 N–H and O–H groups in total. The Hall–Kier alpha value is -17.9. The van der Waals surface area contributed by atoms with Crippen molar-refractivity contribution in [3.05, 3.63) is 452 Å². The molecule has 6 aliphatic heterocycles. The van der Waals surface area contributed by atoms with Crippen LogP contribution >= 0.6 is 0 Å². The summed E-state index contributed by atoms with van der Waals surface area (Å²) >= 11 is 0. The standard InChI is InChI=1S/C46H31BN4.C41H25BN4O.C36H26BN5/c1-4-12-32(13-5-1)34-20-22-36(23-21-34)37-28-41-46(49-29-37)51(39-26-24-35(25-27-39)33-14-6-2-7-15-33)44-31-48-30-43-45(44)47(41)40-18-10-11-19-42(40)50(43)38-16-8-3-9-17-38;1-6-24-7-2-11-27-19-30(18-26(10-1)37(24)27)34-16-15-33-41(45-34)47-36-23-43-22-35-39(36)42(33)32-14-5-17-44-40(32)46(35)31-20-28-12-3-8-25-9-4-13-29(21-31)38(25)28;1-22-14-16-29-35(39-22)41(27-12-4-3-5-13-27)31-20-38-21-32-34(31)37(29)30-17-15-23(2)40-36(30)42(32)28-18-25-10-6-8-24-9-7-11-26(19-28)33(24)25/h1-31H;1-6,8,10-23H,7,9H2;3-8,10-21H,9H2,1-2H3. The number of benzene rings is 13. The van der Waals surface area contributed by atoms with Crippen LogP contribution in [0.3, 0.4) is 0 Å². The van der Waals surface area contributed by atoms with Crippen molar-refractivity contribution in [2.45, 2.75) is 33.1 Å². The van der Waals surface area contributed by atoms with Gasteiger partial charge in [-0.3, -0.25) is 34.6 Å². The lowest BCUT2D eigenvalue weighted by atomic mass is 9.33. The summed E-state index contributed by atoms with van der Waals surface area (Å²) in [4.78, 5) is 51.7. The van der Waals surface area contributed by atoms with Gasteiger partial charge in [-0.15, -0.1) is 0 Å². The van der Waals surface area contributed by atoms with Crippen LogP contribution < -0.4 is 78.4 Å². The van der Waals surface area contributed by atoms with E-state index in [0.717, 1.165) is 161 Å². The van der Waals surface area contributed by atoms with Crippen molar-refractivity contribution in [3.8, 4) is 56.3 Å². The lowest BCUT2D eigenvalue weighted by molar-refractivity contribution is 0.466. The molecule has 8 aromatic heterocycles. The molecule has 0 bridgehead atoms. The molecule has 0 saturated heterocycles. The lowest BCUT2D eigenvalue weighted by Gasteiger charge is -2.43. The van der Waals surface area contributed by atoms with Crippen LogP contribution in [0.5, 0.6) is 11.6 Å². The van der Waals surface area contributed by atoms with E-state index in [-0.39, 0.29) is 20.1 Å². The quantitative estimate of drug-likeness (QED) is 0.127. The van der Waals surface area contributed by atoms with Crippen molar-refractivity contribution in [3.63, 3.8) is 0 Å². The summed E-state index contributed by atoms with van der Waals surface area (Å²) in [6.45, 7) is 4.01. The molecule has 0 fully saturated rings. The second-order valence-corrected chi connectivity index (χ2v) is 37.3. The van der Waals surface area contributed by atoms with Crippen LogP contribution in [0.25, 0.3) is 95.2 Å². The van der Waals surface area contributed by atoms with Gasteiger partial charge in [0.25, 0.3) is 20.1 Å². The van der Waals surface area contributed by atoms with E-state index >= 15 is 0 Å². The molecule has 0 unspecified atom stereocenters. The van der Waals surface area contributed by atoms with Gasteiger partial charge in [-0.1, -0.05) is 273 Å². The van der Waals surface area contributed by atoms with Gasteiger partial charge >= 0.3 is 0 Å². The van der Waals surface area contributed by atoms with E-state index in [2.05, 4.69) is 408 Å². The van der Waals surface area contributed by atoms with Crippen molar-refractivity contribution < 1.29 is 4.74 Å². The van der Waals surface area contributed by atoms with Gasteiger partial charge in [0.05, 0.1) is 71.3 Å². The first-order valence-corrected chi connectivity index (χ1v) is 48.0. The number of aromatic nitrogens is 8. The molecule has 21 aromatic rings. The molecule has 9 aliphatic rings. The predicted molar refractivity (Wildman–Crippen MR) is 578 cm³/mol. The molecule has 0 atom stereocenters. The van der Waals surface area contributed by atoms with Crippen LogP contribution in [0.15, 0.2) is 408 Å². The highest BCUT2D eigenvalue weighted by molar-refractivity contribution is 7.01. The number of hydrogen-bond donors (Lipinski definition) is 0. The SMILES string of the molecule is C1=Cc2cc(-c3ccc4c(n3)Oc3cncc5c3B4c3cccnc3N5c3cc4c5c(cccc5c3)CC=C4)cc3cccc(c23)C1.Cc1ccc2c(n1)N(c1ccccc1)c1cncc3c1B2c1ccc(C)nc1N3c1cc2c3c(cccc3c1)CC=C2.c1ccc(-c2ccc(-c3cnc4c(c3)B3c5ccccc5N(c5ccccc5)c5cncc(c53)N4c3ccc(-c4ccccc4)cc3)cc2)cc1. The van der Waals surface area contributed by atoms with Crippen molar-refractivity contribution in [1.29, 1.82) is 0 Å². The summed E-state index contributed by atoms with van der Waals surface area (Å²) in [5, 5.41) is 7.72. The van der Waals surface area contributed by atoms with Crippen LogP contribution in [0.2, 0.25) is 0 Å². The molecule has 0 radical (unpaired) electrons. The first kappa shape index (κ1) is 80.5. The Morgan fingerprint density at radius 1 is 0.264 bits per heavy atom. The summed E-state index contributed by atoms with van der Waals surface area (Å²) < 4.78 is 6.65. The van der Waals surface area contributed by atoms with Crippen LogP contribution in [0.1, 0.15) is 44.8 Å². The van der Waals surface area contributed by atoms with Gasteiger partial charge in [-0.25, -0.2) is 24.9 Å². The number of nitrogens with zero attached hydrogens (tertiary/aromatic N) is 13. The second-order valence-electron chi connectivity index (χ2n) is 37.3. The molecule has 30 rings (SSSR count). The maximum atomic E-state index is 6.65. The van der Waals surface area contributed by atoms with Crippen LogP contribution in [-0.2, 0) is 19.3 Å². The number of pyridine rings is 8. The fourth-order valence-electron chi connectivity index (χ4n) is 23.2. The van der Waals surface area contributed by atoms with E-state index in [4.69, 9.17) is 44.6 Å². The summed E-state index contributed by atoms with van der Waals surface area (Å²) in [5.74, 6) is 5.08. The molecule has 3 aliphatic carbocycles. The van der Waals surface area contributed by atoms with E-state index < -0.39 is 0 Å². The third kappa shape index (κ3) is 13.0. The van der Waals surface area contributed by atoms with Crippen LogP contribution in [-0.4, -0.2) is 60.0 Å². The van der Waals surface area contributed by atoms with Gasteiger partial charge < -0.3 is 9.64 Å². The van der Waals surface area contributed by atoms with Gasteiger partial charge in [0.15, 0.2) is 0 Å². The number of aryl methyl sites for hydroxylation is 2. The molecule has 140 heavy (non-hydrogen) atoms. The number of rotatable bonds is 9. The van der Waals surface area contributed by atoms with Gasteiger partial charge in [-0.05, 0) is 279 Å². The Bertz CT molecular complexity index is 8850. The zero-order valence-electron chi connectivity index (χ0n) is 76.5. The number of ether oxygens (including phenoxy) is 1. The van der Waals surface area contributed by atoms with E-state index in [1.54, 1.807) is 0 Å².